The highest BCUT2D eigenvalue weighted by Crippen LogP contribution is 2.29. The summed E-state index contributed by atoms with van der Waals surface area (Å²) in [6.45, 7) is 3.08. The SMILES string of the molecule is CCC1CCCCC1OCCc1ccccc1N. The van der Waals surface area contributed by atoms with Gasteiger partial charge in [0.25, 0.3) is 0 Å². The number of rotatable bonds is 5. The number of ether oxygens (including phenoxy) is 1. The van der Waals surface area contributed by atoms with Crippen molar-refractivity contribution in [1.82, 2.24) is 0 Å². The Morgan fingerprint density at radius 2 is 2.00 bits per heavy atom. The molecule has 0 aromatic heterocycles. The quantitative estimate of drug-likeness (QED) is 0.803. The molecule has 2 atom stereocenters. The maximum absolute atomic E-state index is 6.09. The van der Waals surface area contributed by atoms with Crippen LogP contribution in [0.2, 0.25) is 0 Å². The van der Waals surface area contributed by atoms with Crippen LogP contribution in [0.4, 0.5) is 5.69 Å². The van der Waals surface area contributed by atoms with Gasteiger partial charge in [0, 0.05) is 5.69 Å². The third-order valence-corrected chi connectivity index (χ3v) is 4.12. The van der Waals surface area contributed by atoms with E-state index in [9.17, 15) is 0 Å². The summed E-state index contributed by atoms with van der Waals surface area (Å²) in [6.07, 6.45) is 7.95. The normalized spacial score (nSPS) is 24.1. The van der Waals surface area contributed by atoms with Gasteiger partial charge in [-0.05, 0) is 36.8 Å². The van der Waals surface area contributed by atoms with Crippen molar-refractivity contribution in [2.75, 3.05) is 12.3 Å². The molecule has 0 saturated heterocycles. The third-order valence-electron chi connectivity index (χ3n) is 4.12. The Morgan fingerprint density at radius 1 is 1.22 bits per heavy atom. The minimum Gasteiger partial charge on any atom is -0.399 e. The van der Waals surface area contributed by atoms with Crippen LogP contribution in [0.15, 0.2) is 24.3 Å². The predicted molar refractivity (Wildman–Crippen MR) is 76.5 cm³/mol. The second-order valence-electron chi connectivity index (χ2n) is 5.31. The van der Waals surface area contributed by atoms with E-state index in [4.69, 9.17) is 10.5 Å². The van der Waals surface area contributed by atoms with Crippen LogP contribution in [0.1, 0.15) is 44.6 Å². The molecular formula is C16H25NO. The van der Waals surface area contributed by atoms with Crippen molar-refractivity contribution >= 4 is 5.69 Å². The number of nitrogen functional groups attached to an aromatic ring is 1. The van der Waals surface area contributed by atoms with Crippen molar-refractivity contribution in [1.29, 1.82) is 0 Å². The molecule has 0 heterocycles. The highest BCUT2D eigenvalue weighted by Gasteiger charge is 2.23. The van der Waals surface area contributed by atoms with Crippen molar-refractivity contribution in [3.8, 4) is 0 Å². The number of benzene rings is 1. The van der Waals surface area contributed by atoms with Gasteiger partial charge in [0.15, 0.2) is 0 Å². The molecule has 0 amide bonds. The topological polar surface area (TPSA) is 35.2 Å². The predicted octanol–water partition coefficient (Wildman–Crippen LogP) is 3.80. The second-order valence-corrected chi connectivity index (χ2v) is 5.31. The molecule has 1 aromatic carbocycles. The maximum Gasteiger partial charge on any atom is 0.0603 e. The van der Waals surface area contributed by atoms with Gasteiger partial charge in [-0.1, -0.05) is 44.4 Å². The van der Waals surface area contributed by atoms with Gasteiger partial charge in [-0.25, -0.2) is 0 Å². The molecule has 1 aliphatic carbocycles. The van der Waals surface area contributed by atoms with Gasteiger partial charge in [-0.2, -0.15) is 0 Å². The number of hydrogen-bond acceptors (Lipinski definition) is 2. The molecule has 0 aliphatic heterocycles. The number of nitrogens with two attached hydrogens (primary N) is 1. The first kappa shape index (κ1) is 13.4. The molecule has 2 heteroatoms. The molecule has 1 fully saturated rings. The molecule has 2 nitrogen and oxygen atoms in total. The maximum atomic E-state index is 6.09. The lowest BCUT2D eigenvalue weighted by Gasteiger charge is -2.30. The van der Waals surface area contributed by atoms with Crippen LogP contribution in [0.5, 0.6) is 0 Å². The summed E-state index contributed by atoms with van der Waals surface area (Å²) in [5.74, 6) is 0.770. The molecule has 0 radical (unpaired) electrons. The average molecular weight is 247 g/mol. The second kappa shape index (κ2) is 6.79. The fourth-order valence-corrected chi connectivity index (χ4v) is 2.94. The van der Waals surface area contributed by atoms with E-state index in [1.54, 1.807) is 0 Å². The monoisotopic (exact) mass is 247 g/mol. The Hall–Kier alpha value is -1.02. The van der Waals surface area contributed by atoms with Crippen LogP contribution >= 0.6 is 0 Å². The van der Waals surface area contributed by atoms with E-state index >= 15 is 0 Å². The Morgan fingerprint density at radius 3 is 2.78 bits per heavy atom. The first-order valence-electron chi connectivity index (χ1n) is 7.26. The molecule has 0 spiro atoms. The van der Waals surface area contributed by atoms with Gasteiger partial charge >= 0.3 is 0 Å². The third kappa shape index (κ3) is 3.49. The van der Waals surface area contributed by atoms with E-state index in [0.717, 1.165) is 24.6 Å². The first-order chi connectivity index (χ1) is 8.81. The average Bonchev–Trinajstić information content (AvgIpc) is 2.41. The lowest BCUT2D eigenvalue weighted by molar-refractivity contribution is -0.0104. The van der Waals surface area contributed by atoms with Crippen LogP contribution in [0, 0.1) is 5.92 Å². The molecule has 0 bridgehead atoms. The van der Waals surface area contributed by atoms with E-state index in [0.29, 0.717) is 6.10 Å². The molecule has 18 heavy (non-hydrogen) atoms. The van der Waals surface area contributed by atoms with Crippen molar-refractivity contribution < 1.29 is 4.74 Å². The lowest BCUT2D eigenvalue weighted by Crippen LogP contribution is -2.28. The Balaban J connectivity index is 1.79. The fourth-order valence-electron chi connectivity index (χ4n) is 2.94. The summed E-state index contributed by atoms with van der Waals surface area (Å²) < 4.78 is 6.09. The molecule has 1 aliphatic rings. The Bertz CT molecular complexity index is 364. The molecule has 2 unspecified atom stereocenters. The highest BCUT2D eigenvalue weighted by atomic mass is 16.5. The van der Waals surface area contributed by atoms with Gasteiger partial charge in [0.05, 0.1) is 12.7 Å². The van der Waals surface area contributed by atoms with Crippen LogP contribution in [-0.4, -0.2) is 12.7 Å². The zero-order chi connectivity index (χ0) is 12.8. The van der Waals surface area contributed by atoms with E-state index < -0.39 is 0 Å². The summed E-state index contributed by atoms with van der Waals surface area (Å²) in [6, 6.07) is 8.08. The standard InChI is InChI=1S/C16H25NO/c1-2-13-7-4-6-10-16(13)18-12-11-14-8-3-5-9-15(14)17/h3,5,8-9,13,16H,2,4,6-7,10-12,17H2,1H3. The summed E-state index contributed by atoms with van der Waals surface area (Å²) in [7, 11) is 0. The van der Waals surface area contributed by atoms with Crippen LogP contribution in [0.3, 0.4) is 0 Å². The Labute approximate surface area is 111 Å². The fraction of sp³-hybridized carbons (Fsp3) is 0.625. The van der Waals surface area contributed by atoms with E-state index in [2.05, 4.69) is 13.0 Å². The summed E-state index contributed by atoms with van der Waals surface area (Å²) in [5.41, 5.74) is 8.03. The zero-order valence-corrected chi connectivity index (χ0v) is 11.4. The van der Waals surface area contributed by atoms with Crippen LogP contribution in [-0.2, 0) is 11.2 Å². The summed E-state index contributed by atoms with van der Waals surface area (Å²) >= 11 is 0. The minimum absolute atomic E-state index is 0.480. The van der Waals surface area contributed by atoms with Crippen molar-refractivity contribution in [2.45, 2.75) is 51.6 Å². The number of hydrogen-bond donors (Lipinski definition) is 1. The van der Waals surface area contributed by atoms with Gasteiger partial charge in [0.2, 0.25) is 0 Å². The largest absolute Gasteiger partial charge is 0.399 e. The van der Waals surface area contributed by atoms with E-state index in [-0.39, 0.29) is 0 Å². The Kier molecular flexibility index (Phi) is 5.06. The van der Waals surface area contributed by atoms with E-state index in [1.165, 1.54) is 37.7 Å². The van der Waals surface area contributed by atoms with Crippen LogP contribution in [0.25, 0.3) is 0 Å². The van der Waals surface area contributed by atoms with Crippen molar-refractivity contribution in [3.05, 3.63) is 29.8 Å². The minimum atomic E-state index is 0.480. The lowest BCUT2D eigenvalue weighted by atomic mass is 9.85. The number of anilines is 1. The van der Waals surface area contributed by atoms with Crippen molar-refractivity contribution in [2.24, 2.45) is 5.92 Å². The molecule has 100 valence electrons. The zero-order valence-electron chi connectivity index (χ0n) is 11.4. The summed E-state index contributed by atoms with van der Waals surface area (Å²) in [4.78, 5) is 0. The molecule has 2 rings (SSSR count). The molecule has 1 aromatic rings. The van der Waals surface area contributed by atoms with Gasteiger partial charge in [-0.3, -0.25) is 0 Å². The number of para-hydroxylation sites is 1. The van der Waals surface area contributed by atoms with Gasteiger partial charge < -0.3 is 10.5 Å². The van der Waals surface area contributed by atoms with Gasteiger partial charge in [-0.15, -0.1) is 0 Å². The van der Waals surface area contributed by atoms with Crippen LogP contribution < -0.4 is 5.73 Å². The van der Waals surface area contributed by atoms with Crippen molar-refractivity contribution in [3.63, 3.8) is 0 Å². The molecule has 2 N–H and O–H groups in total. The van der Waals surface area contributed by atoms with E-state index in [1.807, 2.05) is 18.2 Å². The van der Waals surface area contributed by atoms with Gasteiger partial charge in [0.1, 0.15) is 0 Å². The highest BCUT2D eigenvalue weighted by molar-refractivity contribution is 5.46. The molecular weight excluding hydrogens is 222 g/mol. The molecule has 1 saturated carbocycles. The summed E-state index contributed by atoms with van der Waals surface area (Å²) in [5, 5.41) is 0. The first-order valence-corrected chi connectivity index (χ1v) is 7.26. The smallest absolute Gasteiger partial charge is 0.0603 e.